The van der Waals surface area contributed by atoms with E-state index in [2.05, 4.69) is 15.0 Å². The van der Waals surface area contributed by atoms with E-state index >= 15 is 0 Å². The van der Waals surface area contributed by atoms with E-state index in [-0.39, 0.29) is 12.5 Å². The zero-order valence-corrected chi connectivity index (χ0v) is 9.86. The number of fused-ring (bicyclic) bond motifs is 1. The summed E-state index contributed by atoms with van der Waals surface area (Å²) in [5, 5.41) is 13.1. The van der Waals surface area contributed by atoms with Gasteiger partial charge in [0.25, 0.3) is 0 Å². The molecule has 0 aromatic carbocycles. The molecular formula is C12H14N4O2. The molecule has 1 fully saturated rings. The van der Waals surface area contributed by atoms with Crippen LogP contribution in [0.4, 0.5) is 5.82 Å². The van der Waals surface area contributed by atoms with Gasteiger partial charge < -0.3 is 10.0 Å². The molecule has 0 bridgehead atoms. The van der Waals surface area contributed by atoms with Gasteiger partial charge in [-0.05, 0) is 18.9 Å². The zero-order valence-electron chi connectivity index (χ0n) is 9.86. The number of aromatic nitrogens is 3. The van der Waals surface area contributed by atoms with Gasteiger partial charge in [-0.2, -0.15) is 5.10 Å². The maximum atomic E-state index is 10.9. The van der Waals surface area contributed by atoms with E-state index in [4.69, 9.17) is 5.11 Å². The van der Waals surface area contributed by atoms with Crippen LogP contribution in [0.5, 0.6) is 0 Å². The molecule has 0 spiro atoms. The highest BCUT2D eigenvalue weighted by molar-refractivity contribution is 5.72. The molecule has 1 N–H and O–H groups in total. The van der Waals surface area contributed by atoms with Gasteiger partial charge in [0.15, 0.2) is 5.82 Å². The number of carbonyl (C=O) groups is 1. The molecule has 0 saturated carbocycles. The molecule has 6 heteroatoms. The van der Waals surface area contributed by atoms with Crippen molar-refractivity contribution >= 4 is 17.3 Å². The number of nitrogens with zero attached hydrogens (tertiary/aromatic N) is 4. The van der Waals surface area contributed by atoms with Crippen molar-refractivity contribution < 1.29 is 9.90 Å². The minimum atomic E-state index is -0.757. The fourth-order valence-electron chi connectivity index (χ4n) is 2.59. The van der Waals surface area contributed by atoms with Gasteiger partial charge in [0.1, 0.15) is 5.52 Å². The molecule has 1 aliphatic heterocycles. The van der Waals surface area contributed by atoms with Crippen LogP contribution in [0.25, 0.3) is 5.52 Å². The number of carboxylic acid groups (broad SMARTS) is 1. The van der Waals surface area contributed by atoms with E-state index in [1.54, 1.807) is 23.1 Å². The van der Waals surface area contributed by atoms with Crippen molar-refractivity contribution in [2.45, 2.75) is 25.3 Å². The van der Waals surface area contributed by atoms with E-state index in [1.807, 2.05) is 6.07 Å². The maximum absolute atomic E-state index is 10.9. The highest BCUT2D eigenvalue weighted by Crippen LogP contribution is 2.28. The number of rotatable bonds is 3. The summed E-state index contributed by atoms with van der Waals surface area (Å²) in [7, 11) is 0. The van der Waals surface area contributed by atoms with E-state index in [1.165, 1.54) is 0 Å². The lowest BCUT2D eigenvalue weighted by Gasteiger charge is -2.24. The number of anilines is 1. The SMILES string of the molecule is O=C(O)CC1CCCN1c1nccn2nccc12. The number of hydrogen-bond donors (Lipinski definition) is 1. The highest BCUT2D eigenvalue weighted by Gasteiger charge is 2.28. The summed E-state index contributed by atoms with van der Waals surface area (Å²) < 4.78 is 1.76. The molecule has 18 heavy (non-hydrogen) atoms. The molecule has 0 aliphatic carbocycles. The first-order chi connectivity index (χ1) is 8.75. The summed E-state index contributed by atoms with van der Waals surface area (Å²) in [6.45, 7) is 0.857. The lowest BCUT2D eigenvalue weighted by Crippen LogP contribution is -2.32. The molecule has 94 valence electrons. The fourth-order valence-corrected chi connectivity index (χ4v) is 2.59. The summed E-state index contributed by atoms with van der Waals surface area (Å²) in [5.74, 6) is 0.0751. The van der Waals surface area contributed by atoms with E-state index in [0.29, 0.717) is 0 Å². The van der Waals surface area contributed by atoms with Crippen LogP contribution in [-0.2, 0) is 4.79 Å². The first-order valence-electron chi connectivity index (χ1n) is 6.02. The average molecular weight is 246 g/mol. The molecular weight excluding hydrogens is 232 g/mol. The first-order valence-corrected chi connectivity index (χ1v) is 6.02. The van der Waals surface area contributed by atoms with Crippen LogP contribution < -0.4 is 4.90 Å². The summed E-state index contributed by atoms with van der Waals surface area (Å²) in [6.07, 6.45) is 7.30. The minimum Gasteiger partial charge on any atom is -0.481 e. The summed E-state index contributed by atoms with van der Waals surface area (Å²) in [5.41, 5.74) is 0.926. The summed E-state index contributed by atoms with van der Waals surface area (Å²) >= 11 is 0. The molecule has 0 radical (unpaired) electrons. The molecule has 2 aromatic heterocycles. The van der Waals surface area contributed by atoms with E-state index in [0.717, 1.165) is 30.7 Å². The van der Waals surface area contributed by atoms with Crippen LogP contribution in [0.15, 0.2) is 24.7 Å². The Hall–Kier alpha value is -2.11. The standard InChI is InChI=1S/C12H14N4O2/c17-11(18)8-9-2-1-6-15(9)12-10-3-4-14-16(10)7-5-13-12/h3-5,7,9H,1-2,6,8H2,(H,17,18). The molecule has 1 unspecified atom stereocenters. The topological polar surface area (TPSA) is 70.7 Å². The molecule has 6 nitrogen and oxygen atoms in total. The lowest BCUT2D eigenvalue weighted by atomic mass is 10.1. The van der Waals surface area contributed by atoms with Crippen molar-refractivity contribution in [2.75, 3.05) is 11.4 Å². The van der Waals surface area contributed by atoms with Gasteiger partial charge in [0, 0.05) is 25.0 Å². The Balaban J connectivity index is 1.98. The third-order valence-corrected chi connectivity index (χ3v) is 3.36. The van der Waals surface area contributed by atoms with Crippen LogP contribution in [0.1, 0.15) is 19.3 Å². The van der Waals surface area contributed by atoms with Crippen molar-refractivity contribution in [3.8, 4) is 0 Å². The highest BCUT2D eigenvalue weighted by atomic mass is 16.4. The van der Waals surface area contributed by atoms with Gasteiger partial charge in [-0.1, -0.05) is 0 Å². The number of hydrogen-bond acceptors (Lipinski definition) is 4. The van der Waals surface area contributed by atoms with Crippen molar-refractivity contribution in [2.24, 2.45) is 0 Å². The van der Waals surface area contributed by atoms with Gasteiger partial charge in [0.2, 0.25) is 0 Å². The molecule has 3 rings (SSSR count). The van der Waals surface area contributed by atoms with Gasteiger partial charge >= 0.3 is 5.97 Å². The van der Waals surface area contributed by atoms with E-state index < -0.39 is 5.97 Å². The fraction of sp³-hybridized carbons (Fsp3) is 0.417. The van der Waals surface area contributed by atoms with Crippen molar-refractivity contribution in [1.29, 1.82) is 0 Å². The Labute approximate surface area is 104 Å². The Bertz CT molecular complexity index is 580. The smallest absolute Gasteiger partial charge is 0.305 e. The Morgan fingerprint density at radius 1 is 1.50 bits per heavy atom. The molecule has 1 saturated heterocycles. The van der Waals surface area contributed by atoms with Crippen LogP contribution in [0.3, 0.4) is 0 Å². The zero-order chi connectivity index (χ0) is 12.5. The van der Waals surface area contributed by atoms with Gasteiger partial charge in [0.05, 0.1) is 12.6 Å². The average Bonchev–Trinajstić information content (AvgIpc) is 2.95. The molecule has 0 amide bonds. The second-order valence-corrected chi connectivity index (χ2v) is 4.50. The first kappa shape index (κ1) is 11.0. The predicted octanol–water partition coefficient (Wildman–Crippen LogP) is 1.17. The van der Waals surface area contributed by atoms with Crippen molar-refractivity contribution in [3.63, 3.8) is 0 Å². The molecule has 1 aliphatic rings. The number of aliphatic carboxylic acids is 1. The van der Waals surface area contributed by atoms with E-state index in [9.17, 15) is 4.79 Å². The largest absolute Gasteiger partial charge is 0.481 e. The summed E-state index contributed by atoms with van der Waals surface area (Å²) in [4.78, 5) is 17.4. The molecule has 1 atom stereocenters. The Kier molecular flexibility index (Phi) is 2.62. The second-order valence-electron chi connectivity index (χ2n) is 4.50. The second kappa shape index (κ2) is 4.29. The number of carboxylic acids is 1. The van der Waals surface area contributed by atoms with Crippen LogP contribution >= 0.6 is 0 Å². The normalized spacial score (nSPS) is 19.6. The monoisotopic (exact) mass is 246 g/mol. The third kappa shape index (κ3) is 1.79. The molecule has 2 aromatic rings. The third-order valence-electron chi connectivity index (χ3n) is 3.36. The van der Waals surface area contributed by atoms with Crippen molar-refractivity contribution in [1.82, 2.24) is 14.6 Å². The Morgan fingerprint density at radius 3 is 3.22 bits per heavy atom. The van der Waals surface area contributed by atoms with Gasteiger partial charge in [-0.25, -0.2) is 9.50 Å². The summed E-state index contributed by atoms with van der Waals surface area (Å²) in [6, 6.07) is 1.94. The van der Waals surface area contributed by atoms with Crippen molar-refractivity contribution in [3.05, 3.63) is 24.7 Å². The maximum Gasteiger partial charge on any atom is 0.305 e. The Morgan fingerprint density at radius 2 is 2.39 bits per heavy atom. The lowest BCUT2D eigenvalue weighted by molar-refractivity contribution is -0.137. The van der Waals surface area contributed by atoms with Gasteiger partial charge in [-0.15, -0.1) is 0 Å². The van der Waals surface area contributed by atoms with Gasteiger partial charge in [-0.3, -0.25) is 4.79 Å². The van der Waals surface area contributed by atoms with Crippen LogP contribution in [0, 0.1) is 0 Å². The minimum absolute atomic E-state index is 0.0381. The van der Waals surface area contributed by atoms with Crippen LogP contribution in [-0.4, -0.2) is 38.3 Å². The van der Waals surface area contributed by atoms with Crippen LogP contribution in [0.2, 0.25) is 0 Å². The molecule has 3 heterocycles. The predicted molar refractivity (Wildman–Crippen MR) is 65.6 cm³/mol. The quantitative estimate of drug-likeness (QED) is 0.880.